The minimum Gasteiger partial charge on any atom is -0.492 e. The predicted molar refractivity (Wildman–Crippen MR) is 76.4 cm³/mol. The maximum atomic E-state index is 5.98. The van der Waals surface area contributed by atoms with Gasteiger partial charge in [-0.25, -0.2) is 0 Å². The van der Waals surface area contributed by atoms with Crippen LogP contribution in [0.2, 0.25) is 5.02 Å². The standard InChI is InChI=1S/C13H13BrClNO2/c1-2-17-12-5-3-9(15)7-11(12)16-8-10-4-6-13(14)18-10/h3-7,16H,2,8H2,1H3. The van der Waals surface area contributed by atoms with E-state index in [1.807, 2.05) is 31.2 Å². The average molecular weight is 331 g/mol. The van der Waals surface area contributed by atoms with Gasteiger partial charge in [-0.2, -0.15) is 0 Å². The number of furan rings is 1. The lowest BCUT2D eigenvalue weighted by molar-refractivity contribution is 0.341. The SMILES string of the molecule is CCOc1ccc(Cl)cc1NCc1ccc(Br)o1. The number of rotatable bonds is 5. The van der Waals surface area contributed by atoms with Gasteiger partial charge in [0, 0.05) is 5.02 Å². The van der Waals surface area contributed by atoms with Gasteiger partial charge in [0.25, 0.3) is 0 Å². The van der Waals surface area contributed by atoms with Crippen molar-refractivity contribution in [2.24, 2.45) is 0 Å². The van der Waals surface area contributed by atoms with E-state index in [-0.39, 0.29) is 0 Å². The summed E-state index contributed by atoms with van der Waals surface area (Å²) >= 11 is 9.25. The number of anilines is 1. The first-order valence-electron chi connectivity index (χ1n) is 5.59. The average Bonchev–Trinajstić information content (AvgIpc) is 2.76. The van der Waals surface area contributed by atoms with Crippen LogP contribution in [0.5, 0.6) is 5.75 Å². The normalized spacial score (nSPS) is 10.4. The van der Waals surface area contributed by atoms with Crippen LogP contribution in [0, 0.1) is 0 Å². The Bertz CT molecular complexity index is 527. The second-order valence-electron chi connectivity index (χ2n) is 3.63. The molecule has 0 aliphatic carbocycles. The molecule has 96 valence electrons. The zero-order valence-corrected chi connectivity index (χ0v) is 12.2. The first kappa shape index (κ1) is 13.3. The van der Waals surface area contributed by atoms with E-state index in [0.29, 0.717) is 18.2 Å². The van der Waals surface area contributed by atoms with Crippen LogP contribution in [-0.2, 0) is 6.54 Å². The van der Waals surface area contributed by atoms with Crippen molar-refractivity contribution >= 4 is 33.2 Å². The molecule has 0 bridgehead atoms. The van der Waals surface area contributed by atoms with Gasteiger partial charge < -0.3 is 14.5 Å². The summed E-state index contributed by atoms with van der Waals surface area (Å²) in [7, 11) is 0. The van der Waals surface area contributed by atoms with Crippen molar-refractivity contribution in [3.63, 3.8) is 0 Å². The van der Waals surface area contributed by atoms with Crippen LogP contribution in [0.15, 0.2) is 39.4 Å². The Hall–Kier alpha value is -1.13. The summed E-state index contributed by atoms with van der Waals surface area (Å²) in [5.74, 6) is 1.62. The van der Waals surface area contributed by atoms with Crippen molar-refractivity contribution < 1.29 is 9.15 Å². The van der Waals surface area contributed by atoms with Crippen molar-refractivity contribution in [2.75, 3.05) is 11.9 Å². The largest absolute Gasteiger partial charge is 0.492 e. The fourth-order valence-corrected chi connectivity index (χ4v) is 2.06. The van der Waals surface area contributed by atoms with Crippen LogP contribution < -0.4 is 10.1 Å². The highest BCUT2D eigenvalue weighted by atomic mass is 79.9. The monoisotopic (exact) mass is 329 g/mol. The number of nitrogens with one attached hydrogen (secondary N) is 1. The highest BCUT2D eigenvalue weighted by Gasteiger charge is 2.05. The molecule has 2 aromatic rings. The fraction of sp³-hybridized carbons (Fsp3) is 0.231. The minimum absolute atomic E-state index is 0.575. The molecule has 18 heavy (non-hydrogen) atoms. The van der Waals surface area contributed by atoms with Crippen LogP contribution >= 0.6 is 27.5 Å². The maximum Gasteiger partial charge on any atom is 0.169 e. The first-order chi connectivity index (χ1) is 8.69. The number of halogens is 2. The predicted octanol–water partition coefficient (Wildman–Crippen LogP) is 4.71. The molecule has 0 aliphatic heterocycles. The van der Waals surface area contributed by atoms with E-state index in [2.05, 4.69) is 21.2 Å². The minimum atomic E-state index is 0.575. The molecular weight excluding hydrogens is 318 g/mol. The molecule has 3 nitrogen and oxygen atoms in total. The zero-order valence-electron chi connectivity index (χ0n) is 9.87. The van der Waals surface area contributed by atoms with Gasteiger partial charge in [-0.15, -0.1) is 0 Å². The van der Waals surface area contributed by atoms with E-state index in [0.717, 1.165) is 21.9 Å². The molecule has 0 fully saturated rings. The third-order valence-corrected chi connectivity index (χ3v) is 2.98. The molecular formula is C13H13BrClNO2. The zero-order chi connectivity index (χ0) is 13.0. The summed E-state index contributed by atoms with van der Waals surface area (Å²) in [5, 5.41) is 3.91. The van der Waals surface area contributed by atoms with Crippen LogP contribution in [-0.4, -0.2) is 6.61 Å². The van der Waals surface area contributed by atoms with Gasteiger partial charge in [-0.05, 0) is 53.2 Å². The first-order valence-corrected chi connectivity index (χ1v) is 6.76. The Morgan fingerprint density at radius 3 is 2.83 bits per heavy atom. The Balaban J connectivity index is 2.09. The summed E-state index contributed by atoms with van der Waals surface area (Å²) < 4.78 is 11.7. The highest BCUT2D eigenvalue weighted by molar-refractivity contribution is 9.10. The molecule has 2 rings (SSSR count). The maximum absolute atomic E-state index is 5.98. The molecule has 0 spiro atoms. The van der Waals surface area contributed by atoms with Gasteiger partial charge in [0.2, 0.25) is 0 Å². The Morgan fingerprint density at radius 2 is 2.17 bits per heavy atom. The molecule has 0 aliphatic rings. The van der Waals surface area contributed by atoms with Gasteiger partial charge in [0.05, 0.1) is 18.8 Å². The topological polar surface area (TPSA) is 34.4 Å². The van der Waals surface area contributed by atoms with Gasteiger partial charge in [0.15, 0.2) is 4.67 Å². The lowest BCUT2D eigenvalue weighted by Crippen LogP contribution is -2.02. The van der Waals surface area contributed by atoms with E-state index in [9.17, 15) is 0 Å². The van der Waals surface area contributed by atoms with Crippen LogP contribution in [0.3, 0.4) is 0 Å². The molecule has 1 aromatic heterocycles. The number of hydrogen-bond donors (Lipinski definition) is 1. The molecule has 0 amide bonds. The highest BCUT2D eigenvalue weighted by Crippen LogP contribution is 2.28. The quantitative estimate of drug-likeness (QED) is 0.862. The second kappa shape index (κ2) is 6.16. The van der Waals surface area contributed by atoms with Gasteiger partial charge >= 0.3 is 0 Å². The molecule has 0 atom stereocenters. The third kappa shape index (κ3) is 3.43. The van der Waals surface area contributed by atoms with Gasteiger partial charge in [-0.1, -0.05) is 11.6 Å². The summed E-state index contributed by atoms with van der Waals surface area (Å²) in [6.45, 7) is 3.14. The summed E-state index contributed by atoms with van der Waals surface area (Å²) in [5.41, 5.74) is 0.858. The van der Waals surface area contributed by atoms with Gasteiger partial charge in [-0.3, -0.25) is 0 Å². The molecule has 0 saturated heterocycles. The number of benzene rings is 1. The molecule has 1 aromatic carbocycles. The molecule has 0 saturated carbocycles. The van der Waals surface area contributed by atoms with Gasteiger partial charge in [0.1, 0.15) is 11.5 Å². The van der Waals surface area contributed by atoms with Crippen molar-refractivity contribution in [1.29, 1.82) is 0 Å². The molecule has 1 heterocycles. The Kier molecular flexibility index (Phi) is 4.55. The van der Waals surface area contributed by atoms with Crippen molar-refractivity contribution in [1.82, 2.24) is 0 Å². The summed E-state index contributed by atoms with van der Waals surface area (Å²) in [6, 6.07) is 9.26. The second-order valence-corrected chi connectivity index (χ2v) is 4.85. The fourth-order valence-electron chi connectivity index (χ4n) is 1.55. The van der Waals surface area contributed by atoms with Crippen molar-refractivity contribution in [3.05, 3.63) is 45.8 Å². The molecule has 5 heteroatoms. The van der Waals surface area contributed by atoms with Crippen molar-refractivity contribution in [2.45, 2.75) is 13.5 Å². The van der Waals surface area contributed by atoms with Crippen LogP contribution in [0.4, 0.5) is 5.69 Å². The Labute approximate surface area is 119 Å². The summed E-state index contributed by atoms with van der Waals surface area (Å²) in [6.07, 6.45) is 0. The van der Waals surface area contributed by atoms with E-state index >= 15 is 0 Å². The van der Waals surface area contributed by atoms with Crippen molar-refractivity contribution in [3.8, 4) is 5.75 Å². The Morgan fingerprint density at radius 1 is 1.33 bits per heavy atom. The summed E-state index contributed by atoms with van der Waals surface area (Å²) in [4.78, 5) is 0. The lowest BCUT2D eigenvalue weighted by atomic mass is 10.3. The van der Waals surface area contributed by atoms with Crippen LogP contribution in [0.1, 0.15) is 12.7 Å². The molecule has 0 unspecified atom stereocenters. The third-order valence-electron chi connectivity index (χ3n) is 2.32. The molecule has 0 radical (unpaired) electrons. The number of ether oxygens (including phenoxy) is 1. The molecule has 1 N–H and O–H groups in total. The lowest BCUT2D eigenvalue weighted by Gasteiger charge is -2.11. The smallest absolute Gasteiger partial charge is 0.169 e. The van der Waals surface area contributed by atoms with E-state index < -0.39 is 0 Å². The van der Waals surface area contributed by atoms with E-state index in [4.69, 9.17) is 20.8 Å². The number of hydrogen-bond acceptors (Lipinski definition) is 3. The van der Waals surface area contributed by atoms with E-state index in [1.54, 1.807) is 6.07 Å². The van der Waals surface area contributed by atoms with E-state index in [1.165, 1.54) is 0 Å². The van der Waals surface area contributed by atoms with Crippen LogP contribution in [0.25, 0.3) is 0 Å².